The van der Waals surface area contributed by atoms with Crippen LogP contribution in [0.15, 0.2) is 70.6 Å². The molecule has 31 heavy (non-hydrogen) atoms. The zero-order valence-electron chi connectivity index (χ0n) is 16.6. The maximum Gasteiger partial charge on any atom is 0.269 e. The highest BCUT2D eigenvalue weighted by Crippen LogP contribution is 2.34. The first-order valence-electron chi connectivity index (χ1n) is 9.85. The number of amides is 1. The molecule has 3 heterocycles. The molecule has 2 aromatic carbocycles. The summed E-state index contributed by atoms with van der Waals surface area (Å²) in [4.78, 5) is 18.4. The van der Waals surface area contributed by atoms with E-state index < -0.39 is 12.2 Å². The number of hydrogen-bond donors (Lipinski definition) is 1. The zero-order valence-corrected chi connectivity index (χ0v) is 17.5. The summed E-state index contributed by atoms with van der Waals surface area (Å²) in [7, 11) is 0. The number of ether oxygens (including phenoxy) is 2. The number of thiophene rings is 1. The summed E-state index contributed by atoms with van der Waals surface area (Å²) in [6.45, 7) is 1.82. The van der Waals surface area contributed by atoms with E-state index in [0.717, 1.165) is 10.4 Å². The van der Waals surface area contributed by atoms with E-state index in [9.17, 15) is 4.79 Å². The van der Waals surface area contributed by atoms with Gasteiger partial charge in [-0.15, -0.1) is 11.3 Å². The third-order valence-electron chi connectivity index (χ3n) is 4.93. The van der Waals surface area contributed by atoms with Crippen molar-refractivity contribution in [2.45, 2.75) is 25.6 Å². The normalized spacial score (nSPS) is 17.3. The Hall–Kier alpha value is -3.65. The quantitative estimate of drug-likeness (QED) is 0.497. The third kappa shape index (κ3) is 4.02. The van der Waals surface area contributed by atoms with Crippen LogP contribution < -0.4 is 14.8 Å². The van der Waals surface area contributed by atoms with Crippen molar-refractivity contribution in [1.82, 2.24) is 10.1 Å². The fraction of sp³-hybridized carbons (Fsp3) is 0.174. The zero-order chi connectivity index (χ0) is 21.2. The molecule has 2 unspecified atom stereocenters. The van der Waals surface area contributed by atoms with E-state index >= 15 is 0 Å². The number of benzene rings is 2. The second-order valence-corrected chi connectivity index (χ2v) is 8.07. The van der Waals surface area contributed by atoms with Crippen molar-refractivity contribution in [2.75, 3.05) is 5.32 Å². The molecule has 0 saturated carbocycles. The topological polar surface area (TPSA) is 86.5 Å². The van der Waals surface area contributed by atoms with Crippen molar-refractivity contribution < 1.29 is 18.8 Å². The van der Waals surface area contributed by atoms with Gasteiger partial charge in [-0.25, -0.2) is 0 Å². The third-order valence-corrected chi connectivity index (χ3v) is 5.79. The fourth-order valence-electron chi connectivity index (χ4n) is 3.40. The number of para-hydroxylation sites is 3. The van der Waals surface area contributed by atoms with E-state index in [0.29, 0.717) is 35.3 Å². The lowest BCUT2D eigenvalue weighted by molar-refractivity contribution is -0.128. The lowest BCUT2D eigenvalue weighted by Gasteiger charge is -2.31. The molecule has 1 amide bonds. The maximum atomic E-state index is 13.0. The fourth-order valence-corrected chi connectivity index (χ4v) is 4.05. The number of hydrogen-bond acceptors (Lipinski definition) is 7. The Morgan fingerprint density at radius 3 is 2.61 bits per heavy atom. The van der Waals surface area contributed by atoms with Gasteiger partial charge >= 0.3 is 0 Å². The molecule has 0 spiro atoms. The van der Waals surface area contributed by atoms with E-state index in [4.69, 9.17) is 14.0 Å². The number of carbonyl (C=O) groups excluding carboxylic acids is 1. The number of anilines is 1. The van der Waals surface area contributed by atoms with Gasteiger partial charge in [0.15, 0.2) is 11.5 Å². The van der Waals surface area contributed by atoms with Crippen molar-refractivity contribution in [3.63, 3.8) is 0 Å². The van der Waals surface area contributed by atoms with Gasteiger partial charge in [0.25, 0.3) is 5.91 Å². The molecular formula is C23H19N3O4S. The molecule has 0 aliphatic carbocycles. The van der Waals surface area contributed by atoms with Crippen LogP contribution >= 0.6 is 11.3 Å². The smallest absolute Gasteiger partial charge is 0.269 e. The maximum absolute atomic E-state index is 13.0. The largest absolute Gasteiger partial charge is 0.482 e. The summed E-state index contributed by atoms with van der Waals surface area (Å²) in [6.07, 6.45) is -0.793. The van der Waals surface area contributed by atoms with Crippen LogP contribution in [-0.4, -0.2) is 28.3 Å². The van der Waals surface area contributed by atoms with E-state index in [2.05, 4.69) is 15.5 Å². The Morgan fingerprint density at radius 2 is 1.81 bits per heavy atom. The van der Waals surface area contributed by atoms with E-state index in [1.54, 1.807) is 17.4 Å². The number of nitrogens with one attached hydrogen (secondary N) is 1. The minimum absolute atomic E-state index is 0.278. The van der Waals surface area contributed by atoms with Crippen molar-refractivity contribution in [1.29, 1.82) is 0 Å². The minimum Gasteiger partial charge on any atom is -0.482 e. The average Bonchev–Trinajstić information content (AvgIpc) is 3.46. The first-order valence-corrected chi connectivity index (χ1v) is 10.7. The van der Waals surface area contributed by atoms with Crippen LogP contribution in [0.1, 0.15) is 18.4 Å². The van der Waals surface area contributed by atoms with Crippen LogP contribution in [0.3, 0.4) is 0 Å². The Bertz CT molecular complexity index is 1210. The van der Waals surface area contributed by atoms with Crippen LogP contribution in [0.5, 0.6) is 11.5 Å². The molecule has 0 fully saturated rings. The molecule has 7 nitrogen and oxygen atoms in total. The molecule has 5 rings (SSSR count). The van der Waals surface area contributed by atoms with Gasteiger partial charge in [0.2, 0.25) is 17.8 Å². The highest BCUT2D eigenvalue weighted by molar-refractivity contribution is 7.13. The van der Waals surface area contributed by atoms with Gasteiger partial charge in [0.1, 0.15) is 6.10 Å². The van der Waals surface area contributed by atoms with Gasteiger partial charge in [-0.3, -0.25) is 4.79 Å². The molecule has 1 aliphatic heterocycles. The van der Waals surface area contributed by atoms with Gasteiger partial charge in [0.05, 0.1) is 11.3 Å². The van der Waals surface area contributed by atoms with Crippen LogP contribution in [-0.2, 0) is 11.2 Å². The highest BCUT2D eigenvalue weighted by Gasteiger charge is 2.34. The average molecular weight is 433 g/mol. The second-order valence-electron chi connectivity index (χ2n) is 7.12. The lowest BCUT2D eigenvalue weighted by atomic mass is 10.1. The van der Waals surface area contributed by atoms with Crippen LogP contribution in [0, 0.1) is 0 Å². The Labute approximate surface area is 182 Å². The molecule has 1 aliphatic rings. The molecule has 1 N–H and O–H groups in total. The predicted octanol–water partition coefficient (Wildman–Crippen LogP) is 4.56. The number of nitrogens with zero attached hydrogens (tertiary/aromatic N) is 2. The predicted molar refractivity (Wildman–Crippen MR) is 116 cm³/mol. The van der Waals surface area contributed by atoms with Gasteiger partial charge in [-0.05, 0) is 42.1 Å². The first-order chi connectivity index (χ1) is 15.2. The number of aromatic nitrogens is 2. The Kier molecular flexibility index (Phi) is 5.13. The van der Waals surface area contributed by atoms with Crippen molar-refractivity contribution in [3.05, 3.63) is 77.5 Å². The summed E-state index contributed by atoms with van der Waals surface area (Å²) in [5.41, 5.74) is 1.53. The van der Waals surface area contributed by atoms with Gasteiger partial charge in [-0.1, -0.05) is 41.6 Å². The monoisotopic (exact) mass is 433 g/mol. The number of rotatable bonds is 5. The molecule has 2 atom stereocenters. The Balaban J connectivity index is 1.32. The molecule has 4 aromatic rings. The summed E-state index contributed by atoms with van der Waals surface area (Å²) in [6, 6.07) is 18.7. The molecule has 0 bridgehead atoms. The molecule has 156 valence electrons. The summed E-state index contributed by atoms with van der Waals surface area (Å²) >= 11 is 1.55. The number of fused-ring (bicyclic) bond motifs is 1. The Morgan fingerprint density at radius 1 is 1.03 bits per heavy atom. The summed E-state index contributed by atoms with van der Waals surface area (Å²) in [5.74, 6) is 1.95. The van der Waals surface area contributed by atoms with Crippen molar-refractivity contribution in [3.8, 4) is 22.2 Å². The van der Waals surface area contributed by atoms with Crippen LogP contribution in [0.4, 0.5) is 5.69 Å². The van der Waals surface area contributed by atoms with Gasteiger partial charge < -0.3 is 19.3 Å². The van der Waals surface area contributed by atoms with Crippen LogP contribution in [0.2, 0.25) is 0 Å². The van der Waals surface area contributed by atoms with Crippen molar-refractivity contribution >= 4 is 22.9 Å². The standard InChI is InChI=1S/C23H19N3O4S/c1-14-21(29-18-10-5-4-9-17(18)28-14)23(27)24-16-8-3-2-7-15(16)13-20-25-22(26-30-20)19-11-6-12-31-19/h2-12,14,21H,13H2,1H3,(H,24,27). The molecule has 0 radical (unpaired) electrons. The molecule has 2 aromatic heterocycles. The summed E-state index contributed by atoms with van der Waals surface area (Å²) in [5, 5.41) is 8.98. The summed E-state index contributed by atoms with van der Waals surface area (Å²) < 4.78 is 17.2. The molecule has 0 saturated heterocycles. The van der Waals surface area contributed by atoms with E-state index in [-0.39, 0.29) is 5.91 Å². The van der Waals surface area contributed by atoms with Crippen molar-refractivity contribution in [2.24, 2.45) is 0 Å². The highest BCUT2D eigenvalue weighted by atomic mass is 32.1. The molecule has 8 heteroatoms. The minimum atomic E-state index is -0.767. The lowest BCUT2D eigenvalue weighted by Crippen LogP contribution is -2.46. The second kappa shape index (κ2) is 8.23. The van der Waals surface area contributed by atoms with E-state index in [1.165, 1.54) is 0 Å². The SMILES string of the molecule is CC1Oc2ccccc2OC1C(=O)Nc1ccccc1Cc1nc(-c2cccs2)no1. The molecular weight excluding hydrogens is 414 g/mol. The number of carbonyl (C=O) groups is 1. The van der Waals surface area contributed by atoms with Gasteiger partial charge in [0, 0.05) is 5.69 Å². The van der Waals surface area contributed by atoms with Gasteiger partial charge in [-0.2, -0.15) is 4.98 Å². The van der Waals surface area contributed by atoms with Crippen LogP contribution in [0.25, 0.3) is 10.7 Å². The first kappa shape index (κ1) is 19.3. The van der Waals surface area contributed by atoms with E-state index in [1.807, 2.05) is 66.9 Å².